The Hall–Kier alpha value is -2.34. The molecule has 28 heavy (non-hydrogen) atoms. The fraction of sp³-hybridized carbons (Fsp3) is 0.545. The number of carbonyl (C=O) groups excluding carboxylic acids is 1. The van der Waals surface area contributed by atoms with Crippen LogP contribution in [0.3, 0.4) is 0 Å². The summed E-state index contributed by atoms with van der Waals surface area (Å²) in [5, 5.41) is 4.27. The molecule has 6 nitrogen and oxygen atoms in total. The van der Waals surface area contributed by atoms with Gasteiger partial charge in [-0.15, -0.1) is 0 Å². The van der Waals surface area contributed by atoms with E-state index in [1.807, 2.05) is 35.1 Å². The number of hydrogen-bond donors (Lipinski definition) is 0. The van der Waals surface area contributed by atoms with Crippen molar-refractivity contribution in [2.45, 2.75) is 44.8 Å². The van der Waals surface area contributed by atoms with Gasteiger partial charge in [-0.1, -0.05) is 18.2 Å². The summed E-state index contributed by atoms with van der Waals surface area (Å²) in [5.74, 6) is 0.242. The van der Waals surface area contributed by atoms with Gasteiger partial charge in [0.1, 0.15) is 6.04 Å². The number of fused-ring (bicyclic) bond motifs is 1. The summed E-state index contributed by atoms with van der Waals surface area (Å²) in [6.45, 7) is 7.03. The van der Waals surface area contributed by atoms with Crippen LogP contribution in [-0.2, 0) is 17.8 Å². The second-order valence-electron chi connectivity index (χ2n) is 8.04. The van der Waals surface area contributed by atoms with E-state index in [2.05, 4.69) is 46.1 Å². The average molecular weight is 382 g/mol. The van der Waals surface area contributed by atoms with E-state index in [4.69, 9.17) is 0 Å². The van der Waals surface area contributed by atoms with Gasteiger partial charge in [-0.3, -0.25) is 9.48 Å². The summed E-state index contributed by atoms with van der Waals surface area (Å²) in [6.07, 6.45) is 6.96. The molecule has 1 aromatic carbocycles. The lowest BCUT2D eigenvalue weighted by atomic mass is 10.0. The molecule has 4 rings (SSSR count). The molecule has 1 atom stereocenters. The van der Waals surface area contributed by atoms with Crippen LogP contribution in [0.4, 0.5) is 5.69 Å². The number of anilines is 1. The zero-order valence-corrected chi connectivity index (χ0v) is 17.0. The summed E-state index contributed by atoms with van der Waals surface area (Å²) in [5.41, 5.74) is 2.58. The lowest BCUT2D eigenvalue weighted by Gasteiger charge is -2.39. The zero-order valence-electron chi connectivity index (χ0n) is 17.0. The monoisotopic (exact) mass is 381 g/mol. The molecule has 0 N–H and O–H groups in total. The first-order valence-corrected chi connectivity index (χ1v) is 10.4. The van der Waals surface area contributed by atoms with E-state index in [0.29, 0.717) is 6.04 Å². The number of piperidine rings is 1. The van der Waals surface area contributed by atoms with E-state index in [9.17, 15) is 4.79 Å². The standard InChI is InChI=1S/C22H31N5O/c1-18(27-15-8-19-6-3-4-7-21(19)27)22(28)24(2)20-9-13-25(14-10-20)16-17-26-12-5-11-23-26/h3-7,11-12,18,20H,8-10,13-17H2,1-2H3/t18-/m1/s1. The minimum Gasteiger partial charge on any atom is -0.359 e. The Morgan fingerprint density at radius 1 is 1.18 bits per heavy atom. The highest BCUT2D eigenvalue weighted by Crippen LogP contribution is 2.30. The maximum absolute atomic E-state index is 13.2. The van der Waals surface area contributed by atoms with E-state index in [0.717, 1.165) is 52.0 Å². The Bertz CT molecular complexity index is 782. The third-order valence-corrected chi connectivity index (χ3v) is 6.40. The Labute approximate surface area is 167 Å². The van der Waals surface area contributed by atoms with E-state index in [1.54, 1.807) is 0 Å². The maximum atomic E-state index is 13.2. The first-order valence-electron chi connectivity index (χ1n) is 10.4. The first-order chi connectivity index (χ1) is 13.6. The van der Waals surface area contributed by atoms with Gasteiger partial charge < -0.3 is 14.7 Å². The van der Waals surface area contributed by atoms with Gasteiger partial charge in [-0.2, -0.15) is 5.10 Å². The predicted molar refractivity (Wildman–Crippen MR) is 111 cm³/mol. The molecule has 0 bridgehead atoms. The number of hydrogen-bond acceptors (Lipinski definition) is 4. The molecule has 1 fully saturated rings. The first kappa shape index (κ1) is 19.0. The molecule has 2 aliphatic rings. The maximum Gasteiger partial charge on any atom is 0.244 e. The van der Waals surface area contributed by atoms with Crippen LogP contribution >= 0.6 is 0 Å². The molecule has 1 amide bonds. The van der Waals surface area contributed by atoms with Gasteiger partial charge in [0.05, 0.1) is 6.54 Å². The fourth-order valence-electron chi connectivity index (χ4n) is 4.58. The molecule has 0 spiro atoms. The third-order valence-electron chi connectivity index (χ3n) is 6.40. The van der Waals surface area contributed by atoms with E-state index < -0.39 is 0 Å². The molecular formula is C22H31N5O. The average Bonchev–Trinajstić information content (AvgIpc) is 3.41. The van der Waals surface area contributed by atoms with Crippen molar-refractivity contribution in [2.75, 3.05) is 38.1 Å². The van der Waals surface area contributed by atoms with Crippen molar-refractivity contribution in [1.82, 2.24) is 19.6 Å². The van der Waals surface area contributed by atoms with E-state index >= 15 is 0 Å². The number of likely N-dealkylation sites (N-methyl/N-ethyl adjacent to an activating group) is 1. The fourth-order valence-corrected chi connectivity index (χ4v) is 4.58. The Balaban J connectivity index is 1.29. The molecule has 0 aliphatic carbocycles. The van der Waals surface area contributed by atoms with Crippen molar-refractivity contribution in [1.29, 1.82) is 0 Å². The zero-order chi connectivity index (χ0) is 19.5. The highest BCUT2D eigenvalue weighted by molar-refractivity contribution is 5.86. The van der Waals surface area contributed by atoms with Crippen molar-refractivity contribution in [2.24, 2.45) is 0 Å². The molecule has 6 heteroatoms. The van der Waals surface area contributed by atoms with Crippen LogP contribution in [0, 0.1) is 0 Å². The number of nitrogens with zero attached hydrogens (tertiary/aromatic N) is 5. The van der Waals surface area contributed by atoms with Crippen LogP contribution < -0.4 is 4.90 Å². The molecule has 3 heterocycles. The summed E-state index contributed by atoms with van der Waals surface area (Å²) in [4.78, 5) is 19.9. The molecule has 1 aromatic heterocycles. The van der Waals surface area contributed by atoms with Gasteiger partial charge in [0, 0.05) is 57.3 Å². The van der Waals surface area contributed by atoms with Crippen molar-refractivity contribution >= 4 is 11.6 Å². The molecule has 150 valence electrons. The van der Waals surface area contributed by atoms with Gasteiger partial charge in [-0.05, 0) is 43.9 Å². The lowest BCUT2D eigenvalue weighted by Crippen LogP contribution is -2.52. The van der Waals surface area contributed by atoms with Gasteiger partial charge in [0.15, 0.2) is 0 Å². The predicted octanol–water partition coefficient (Wildman–Crippen LogP) is 2.26. The van der Waals surface area contributed by atoms with Crippen molar-refractivity contribution in [3.05, 3.63) is 48.3 Å². The van der Waals surface area contributed by atoms with Gasteiger partial charge in [0.25, 0.3) is 0 Å². The Kier molecular flexibility index (Phi) is 5.67. The van der Waals surface area contributed by atoms with Crippen LogP contribution in [0.5, 0.6) is 0 Å². The molecule has 1 saturated heterocycles. The second kappa shape index (κ2) is 8.35. The number of benzene rings is 1. The molecule has 0 unspecified atom stereocenters. The van der Waals surface area contributed by atoms with Crippen molar-refractivity contribution in [3.8, 4) is 0 Å². The molecule has 0 radical (unpaired) electrons. The van der Waals surface area contributed by atoms with Gasteiger partial charge >= 0.3 is 0 Å². The molecule has 2 aromatic rings. The number of carbonyl (C=O) groups is 1. The van der Waals surface area contributed by atoms with Crippen molar-refractivity contribution in [3.63, 3.8) is 0 Å². The smallest absolute Gasteiger partial charge is 0.244 e. The van der Waals surface area contributed by atoms with Crippen LogP contribution in [0.1, 0.15) is 25.3 Å². The molecular weight excluding hydrogens is 350 g/mol. The highest BCUT2D eigenvalue weighted by atomic mass is 16.2. The molecule has 2 aliphatic heterocycles. The summed E-state index contributed by atoms with van der Waals surface area (Å²) in [6, 6.07) is 10.7. The van der Waals surface area contributed by atoms with Crippen LogP contribution in [0.2, 0.25) is 0 Å². The Morgan fingerprint density at radius 3 is 2.71 bits per heavy atom. The quantitative estimate of drug-likeness (QED) is 0.770. The van der Waals surface area contributed by atoms with Crippen LogP contribution in [0.25, 0.3) is 0 Å². The number of para-hydroxylation sites is 1. The minimum absolute atomic E-state index is 0.105. The van der Waals surface area contributed by atoms with Crippen molar-refractivity contribution < 1.29 is 4.79 Å². The summed E-state index contributed by atoms with van der Waals surface area (Å²) < 4.78 is 1.98. The largest absolute Gasteiger partial charge is 0.359 e. The lowest BCUT2D eigenvalue weighted by molar-refractivity contribution is -0.133. The topological polar surface area (TPSA) is 44.6 Å². The normalized spacial score (nSPS) is 18.9. The third kappa shape index (κ3) is 3.92. The van der Waals surface area contributed by atoms with Crippen LogP contribution in [-0.4, -0.2) is 70.8 Å². The summed E-state index contributed by atoms with van der Waals surface area (Å²) in [7, 11) is 1.99. The second-order valence-corrected chi connectivity index (χ2v) is 8.04. The minimum atomic E-state index is -0.105. The Morgan fingerprint density at radius 2 is 1.96 bits per heavy atom. The van der Waals surface area contributed by atoms with Gasteiger partial charge in [-0.25, -0.2) is 0 Å². The van der Waals surface area contributed by atoms with E-state index in [-0.39, 0.29) is 11.9 Å². The molecule has 0 saturated carbocycles. The SMILES string of the molecule is C[C@H](C(=O)N(C)C1CCN(CCn2cccn2)CC1)N1CCc2ccccc21. The van der Waals surface area contributed by atoms with Crippen LogP contribution in [0.15, 0.2) is 42.7 Å². The number of rotatable bonds is 6. The summed E-state index contributed by atoms with van der Waals surface area (Å²) >= 11 is 0. The number of amides is 1. The van der Waals surface area contributed by atoms with E-state index in [1.165, 1.54) is 11.3 Å². The highest BCUT2D eigenvalue weighted by Gasteiger charge is 2.32. The number of likely N-dealkylation sites (tertiary alicyclic amines) is 1. The number of aromatic nitrogens is 2. The van der Waals surface area contributed by atoms with Gasteiger partial charge in [0.2, 0.25) is 5.91 Å².